The van der Waals surface area contributed by atoms with Crippen LogP contribution in [0, 0.1) is 0 Å². The van der Waals surface area contributed by atoms with Crippen LogP contribution in [0.15, 0.2) is 40.9 Å². The summed E-state index contributed by atoms with van der Waals surface area (Å²) in [6.07, 6.45) is 4.39. The van der Waals surface area contributed by atoms with Crippen LogP contribution >= 0.6 is 22.9 Å². The predicted molar refractivity (Wildman–Crippen MR) is 77.8 cm³/mol. The molecule has 2 aromatic heterocycles. The van der Waals surface area contributed by atoms with E-state index in [-0.39, 0.29) is 0 Å². The first-order valence-electron chi connectivity index (χ1n) is 5.76. The molecule has 0 aliphatic carbocycles. The van der Waals surface area contributed by atoms with Crippen molar-refractivity contribution in [3.63, 3.8) is 0 Å². The number of carbonyl (C=O) groups is 1. The summed E-state index contributed by atoms with van der Waals surface area (Å²) in [6, 6.07) is 5.34. The van der Waals surface area contributed by atoms with Gasteiger partial charge in [0.1, 0.15) is 7.11 Å². The second-order valence-electron chi connectivity index (χ2n) is 3.68. The molecule has 0 atom stereocenters. The highest BCUT2D eigenvalue weighted by Gasteiger charge is 2.02. The lowest BCUT2D eigenvalue weighted by Gasteiger charge is -2.04. The third-order valence-corrected chi connectivity index (χ3v) is 3.36. The van der Waals surface area contributed by atoms with Gasteiger partial charge >= 0.3 is 5.97 Å². The second-order valence-corrected chi connectivity index (χ2v) is 5.38. The summed E-state index contributed by atoms with van der Waals surface area (Å²) in [5.41, 5.74) is 0.473. The van der Waals surface area contributed by atoms with Gasteiger partial charge in [0.2, 0.25) is 0 Å². The van der Waals surface area contributed by atoms with E-state index in [1.54, 1.807) is 22.9 Å². The van der Waals surface area contributed by atoms with Gasteiger partial charge in [-0.1, -0.05) is 28.0 Å². The van der Waals surface area contributed by atoms with E-state index in [1.807, 2.05) is 12.3 Å². The molecule has 9 heteroatoms. The minimum Gasteiger partial charge on any atom is -0.399 e. The topological polar surface area (TPSA) is 78.1 Å². The predicted octanol–water partition coefficient (Wildman–Crippen LogP) is 1.64. The minimum atomic E-state index is -0.729. The molecule has 0 spiro atoms. The summed E-state index contributed by atoms with van der Waals surface area (Å²) in [4.78, 5) is 25.3. The van der Waals surface area contributed by atoms with Crippen LogP contribution in [0.4, 0.5) is 0 Å². The van der Waals surface area contributed by atoms with Gasteiger partial charge in [0.25, 0.3) is 0 Å². The third kappa shape index (κ3) is 4.69. The van der Waals surface area contributed by atoms with E-state index in [4.69, 9.17) is 16.4 Å². The number of halogens is 1. The average Bonchev–Trinajstić information content (AvgIpc) is 2.89. The Morgan fingerprint density at radius 1 is 1.57 bits per heavy atom. The molecule has 0 amide bonds. The maximum absolute atomic E-state index is 11.3. The molecule has 0 N–H and O–H groups in total. The largest absolute Gasteiger partial charge is 0.399 e. The van der Waals surface area contributed by atoms with Crippen molar-refractivity contribution in [2.75, 3.05) is 7.11 Å². The van der Waals surface area contributed by atoms with Crippen molar-refractivity contribution in [2.45, 2.75) is 6.54 Å². The second kappa shape index (κ2) is 7.55. The highest BCUT2D eigenvalue weighted by molar-refractivity contribution is 7.15. The first-order valence-corrected chi connectivity index (χ1v) is 6.95. The summed E-state index contributed by atoms with van der Waals surface area (Å²) in [5, 5.41) is 7.07. The van der Waals surface area contributed by atoms with E-state index >= 15 is 0 Å². The molecule has 0 aromatic carbocycles. The molecule has 0 radical (unpaired) electrons. The minimum absolute atomic E-state index is 0.473. The molecule has 0 unspecified atom stereocenters. The SMILES string of the molecule is CO/N=C/C(=O)O/N=c1\ccccn1Cc1cnc(Cl)s1. The molecule has 2 heterocycles. The van der Waals surface area contributed by atoms with Gasteiger partial charge in [0.05, 0.1) is 6.54 Å². The van der Waals surface area contributed by atoms with Crippen LogP contribution in [-0.4, -0.2) is 28.8 Å². The summed E-state index contributed by atoms with van der Waals surface area (Å²) in [6.45, 7) is 0.522. The fraction of sp³-hybridized carbons (Fsp3) is 0.167. The Balaban J connectivity index is 2.16. The van der Waals surface area contributed by atoms with Crippen molar-refractivity contribution in [2.24, 2.45) is 10.3 Å². The number of aromatic nitrogens is 2. The molecular formula is C12H11ClN4O3S. The van der Waals surface area contributed by atoms with Crippen LogP contribution in [0.2, 0.25) is 4.47 Å². The van der Waals surface area contributed by atoms with Crippen LogP contribution in [-0.2, 0) is 21.0 Å². The van der Waals surface area contributed by atoms with E-state index in [1.165, 1.54) is 18.4 Å². The highest BCUT2D eigenvalue weighted by Crippen LogP contribution is 2.17. The van der Waals surface area contributed by atoms with E-state index < -0.39 is 5.97 Å². The summed E-state index contributed by atoms with van der Waals surface area (Å²) < 4.78 is 2.27. The van der Waals surface area contributed by atoms with Gasteiger partial charge in [-0.25, -0.2) is 9.78 Å². The van der Waals surface area contributed by atoms with Crippen LogP contribution in [0.3, 0.4) is 0 Å². The average molecular weight is 327 g/mol. The molecule has 0 fully saturated rings. The van der Waals surface area contributed by atoms with Crippen molar-refractivity contribution in [3.05, 3.63) is 45.4 Å². The Labute approximate surface area is 129 Å². The van der Waals surface area contributed by atoms with Gasteiger partial charge in [-0.2, -0.15) is 0 Å². The van der Waals surface area contributed by atoms with Crippen molar-refractivity contribution in [1.29, 1.82) is 0 Å². The van der Waals surface area contributed by atoms with Crippen LogP contribution in [0.25, 0.3) is 0 Å². The first-order chi connectivity index (χ1) is 10.2. The van der Waals surface area contributed by atoms with Crippen LogP contribution in [0.5, 0.6) is 0 Å². The molecule has 0 saturated carbocycles. The lowest BCUT2D eigenvalue weighted by atomic mass is 10.4. The smallest absolute Gasteiger partial charge is 0.380 e. The molecule has 0 bridgehead atoms. The van der Waals surface area contributed by atoms with Crippen molar-refractivity contribution in [1.82, 2.24) is 9.55 Å². The van der Waals surface area contributed by atoms with E-state index in [9.17, 15) is 4.79 Å². The fourth-order valence-electron chi connectivity index (χ4n) is 1.42. The van der Waals surface area contributed by atoms with Crippen LogP contribution in [0.1, 0.15) is 4.88 Å². The summed E-state index contributed by atoms with van der Waals surface area (Å²) >= 11 is 7.17. The van der Waals surface area contributed by atoms with E-state index in [0.29, 0.717) is 16.5 Å². The first kappa shape index (κ1) is 15.2. The normalized spacial score (nSPS) is 11.8. The van der Waals surface area contributed by atoms with Crippen LogP contribution < -0.4 is 5.49 Å². The fourth-order valence-corrected chi connectivity index (χ4v) is 2.40. The Kier molecular flexibility index (Phi) is 5.47. The lowest BCUT2D eigenvalue weighted by Crippen LogP contribution is -2.21. The number of oxime groups is 1. The molecular weight excluding hydrogens is 316 g/mol. The maximum atomic E-state index is 11.3. The molecule has 21 heavy (non-hydrogen) atoms. The zero-order chi connectivity index (χ0) is 15.1. The van der Waals surface area contributed by atoms with Gasteiger partial charge < -0.3 is 14.2 Å². The Bertz CT molecular complexity index is 710. The van der Waals surface area contributed by atoms with E-state index in [2.05, 4.69) is 20.1 Å². The van der Waals surface area contributed by atoms with Crippen molar-refractivity contribution >= 4 is 35.1 Å². The number of carbonyl (C=O) groups excluding carboxylic acids is 1. The Morgan fingerprint density at radius 2 is 2.43 bits per heavy atom. The lowest BCUT2D eigenvalue weighted by molar-refractivity contribution is -0.135. The van der Waals surface area contributed by atoms with Gasteiger partial charge in [0.15, 0.2) is 16.2 Å². The van der Waals surface area contributed by atoms with Gasteiger partial charge in [-0.15, -0.1) is 11.3 Å². The Morgan fingerprint density at radius 3 is 3.14 bits per heavy atom. The Hall–Kier alpha value is -2.19. The maximum Gasteiger partial charge on any atom is 0.380 e. The van der Waals surface area contributed by atoms with Gasteiger partial charge in [-0.3, -0.25) is 0 Å². The summed E-state index contributed by atoms with van der Waals surface area (Å²) in [7, 11) is 1.33. The summed E-state index contributed by atoms with van der Waals surface area (Å²) in [5.74, 6) is -0.729. The van der Waals surface area contributed by atoms with Crippen molar-refractivity contribution < 1.29 is 14.5 Å². The number of thiazole rings is 1. The quantitative estimate of drug-likeness (QED) is 0.475. The molecule has 0 aliphatic rings. The number of rotatable bonds is 5. The standard InChI is InChI=1S/C12H11ClN4O3S/c1-19-15-7-11(18)20-16-10-4-2-3-5-17(10)8-9-6-14-12(13)21-9/h2-7H,8H2,1H3/b15-7+,16-10+. The monoisotopic (exact) mass is 326 g/mol. The number of hydrogen-bond acceptors (Lipinski definition) is 7. The van der Waals surface area contributed by atoms with Gasteiger partial charge in [-0.05, 0) is 12.1 Å². The molecule has 0 aliphatic heterocycles. The molecule has 2 aromatic rings. The third-order valence-electron chi connectivity index (χ3n) is 2.26. The number of hydrogen-bond donors (Lipinski definition) is 0. The molecule has 7 nitrogen and oxygen atoms in total. The molecule has 110 valence electrons. The molecule has 0 saturated heterocycles. The highest BCUT2D eigenvalue weighted by atomic mass is 35.5. The van der Waals surface area contributed by atoms with Gasteiger partial charge in [0, 0.05) is 17.3 Å². The molecule has 2 rings (SSSR count). The van der Waals surface area contributed by atoms with E-state index in [0.717, 1.165) is 11.1 Å². The zero-order valence-electron chi connectivity index (χ0n) is 11.0. The number of pyridine rings is 1. The number of nitrogens with zero attached hydrogens (tertiary/aromatic N) is 4. The zero-order valence-corrected chi connectivity index (χ0v) is 12.5. The van der Waals surface area contributed by atoms with Crippen molar-refractivity contribution in [3.8, 4) is 0 Å².